The van der Waals surface area contributed by atoms with Crippen molar-refractivity contribution in [1.82, 2.24) is 24.5 Å². The number of hydrogen-bond donors (Lipinski definition) is 0. The Morgan fingerprint density at radius 2 is 1.82 bits per heavy atom. The highest BCUT2D eigenvalue weighted by atomic mass is 16.6. The first kappa shape index (κ1) is 27.2. The molecule has 2 aliphatic heterocycles. The molecule has 1 aliphatic carbocycles. The van der Waals surface area contributed by atoms with Gasteiger partial charge in [-0.1, -0.05) is 38.1 Å². The molecule has 7 heteroatoms. The number of hydrogen-bond acceptors (Lipinski definition) is 5. The van der Waals surface area contributed by atoms with E-state index < -0.39 is 5.60 Å². The van der Waals surface area contributed by atoms with Crippen molar-refractivity contribution in [2.45, 2.75) is 90.4 Å². The number of carbonyl (C=O) groups excluding carboxylic acids is 1. The molecule has 208 valence electrons. The first-order chi connectivity index (χ1) is 18.0. The molecule has 3 aliphatic rings. The fourth-order valence-electron chi connectivity index (χ4n) is 6.94. The van der Waals surface area contributed by atoms with Gasteiger partial charge in [-0.25, -0.2) is 4.79 Å². The van der Waals surface area contributed by atoms with Crippen LogP contribution in [0.4, 0.5) is 4.79 Å². The first-order valence-corrected chi connectivity index (χ1v) is 14.5. The highest BCUT2D eigenvalue weighted by Gasteiger charge is 2.50. The van der Waals surface area contributed by atoms with E-state index in [-0.39, 0.29) is 6.09 Å². The second kappa shape index (κ2) is 10.6. The third-order valence-electron chi connectivity index (χ3n) is 8.93. The van der Waals surface area contributed by atoms with Gasteiger partial charge in [0.2, 0.25) is 0 Å². The summed E-state index contributed by atoms with van der Waals surface area (Å²) >= 11 is 0. The van der Waals surface area contributed by atoms with Crippen LogP contribution in [0, 0.1) is 5.41 Å². The average molecular weight is 522 g/mol. The summed E-state index contributed by atoms with van der Waals surface area (Å²) in [5.74, 6) is 0.506. The molecule has 3 heterocycles. The van der Waals surface area contributed by atoms with Crippen LogP contribution in [-0.4, -0.2) is 74.9 Å². The number of nitrogens with zero attached hydrogens (tertiary/aromatic N) is 5. The molecule has 0 N–H and O–H groups in total. The number of benzene rings is 1. The van der Waals surface area contributed by atoms with Gasteiger partial charge in [0, 0.05) is 70.2 Å². The van der Waals surface area contributed by atoms with E-state index in [9.17, 15) is 4.79 Å². The summed E-state index contributed by atoms with van der Waals surface area (Å²) in [4.78, 5) is 19.9. The molecule has 0 radical (unpaired) electrons. The summed E-state index contributed by atoms with van der Waals surface area (Å²) < 4.78 is 7.53. The zero-order valence-electron chi connectivity index (χ0n) is 24.3. The monoisotopic (exact) mass is 521 g/mol. The fourth-order valence-corrected chi connectivity index (χ4v) is 6.94. The van der Waals surface area contributed by atoms with Crippen LogP contribution in [0.1, 0.15) is 89.0 Å². The molecule has 1 spiro atoms. The van der Waals surface area contributed by atoms with Crippen molar-refractivity contribution >= 4 is 6.09 Å². The number of rotatable bonds is 5. The Balaban J connectivity index is 1.27. The van der Waals surface area contributed by atoms with E-state index in [1.165, 1.54) is 29.5 Å². The van der Waals surface area contributed by atoms with E-state index >= 15 is 0 Å². The minimum Gasteiger partial charge on any atom is -0.444 e. The summed E-state index contributed by atoms with van der Waals surface area (Å²) in [6, 6.07) is 10.1. The second-order valence-corrected chi connectivity index (χ2v) is 13.3. The summed E-state index contributed by atoms with van der Waals surface area (Å²) in [6.07, 6.45) is 8.67. The summed E-state index contributed by atoms with van der Waals surface area (Å²) in [5, 5.41) is 4.39. The zero-order valence-corrected chi connectivity index (χ0v) is 24.3. The highest BCUT2D eigenvalue weighted by Crippen LogP contribution is 2.53. The fraction of sp³-hybridized carbons (Fsp3) is 0.677. The Hall–Kier alpha value is -2.38. The summed E-state index contributed by atoms with van der Waals surface area (Å²) in [6.45, 7) is 16.3. The summed E-state index contributed by atoms with van der Waals surface area (Å²) in [5.41, 5.74) is 4.22. The van der Waals surface area contributed by atoms with Gasteiger partial charge >= 0.3 is 6.09 Å². The number of amides is 1. The van der Waals surface area contributed by atoms with Crippen LogP contribution in [0.3, 0.4) is 0 Å². The lowest BCUT2D eigenvalue weighted by atomic mass is 9.59. The quantitative estimate of drug-likeness (QED) is 0.514. The van der Waals surface area contributed by atoms with Crippen LogP contribution in [0.25, 0.3) is 0 Å². The van der Waals surface area contributed by atoms with Gasteiger partial charge in [-0.2, -0.15) is 5.10 Å². The molecule has 38 heavy (non-hydrogen) atoms. The maximum absolute atomic E-state index is 12.6. The van der Waals surface area contributed by atoms with Crippen molar-refractivity contribution < 1.29 is 9.53 Å². The Kier molecular flexibility index (Phi) is 7.62. The van der Waals surface area contributed by atoms with Gasteiger partial charge in [0.15, 0.2) is 0 Å². The Morgan fingerprint density at radius 3 is 2.45 bits per heavy atom. The molecular formula is C31H47N5O2. The minimum atomic E-state index is -0.436. The molecule has 1 saturated carbocycles. The standard InChI is InChI=1S/C31H47N5O2/c1-23(2)26-9-7-8-10-27(26)28-22-34(21-24-19-32-33(6)20-24)15-16-36(28)25-17-31(18-25)11-13-35(14-12-31)29(37)38-30(3,4)5/h7-10,19-20,23,25,28H,11-18,21-22H2,1-6H3/t28-/m0/s1. The predicted molar refractivity (Wildman–Crippen MR) is 151 cm³/mol. The van der Waals surface area contributed by atoms with Crippen LogP contribution in [-0.2, 0) is 18.3 Å². The Bertz CT molecular complexity index is 1100. The maximum atomic E-state index is 12.6. The van der Waals surface area contributed by atoms with Gasteiger partial charge in [-0.15, -0.1) is 0 Å². The molecular weight excluding hydrogens is 474 g/mol. The van der Waals surface area contributed by atoms with Crippen molar-refractivity contribution in [2.75, 3.05) is 32.7 Å². The molecule has 1 aromatic carbocycles. The van der Waals surface area contributed by atoms with Crippen molar-refractivity contribution in [3.63, 3.8) is 0 Å². The molecule has 1 aromatic heterocycles. The van der Waals surface area contributed by atoms with E-state index in [1.807, 2.05) is 43.6 Å². The normalized spacial score (nSPS) is 23.1. The largest absolute Gasteiger partial charge is 0.444 e. The molecule has 0 unspecified atom stereocenters. The van der Waals surface area contributed by atoms with Gasteiger partial charge in [0.05, 0.1) is 6.20 Å². The molecule has 7 nitrogen and oxygen atoms in total. The Morgan fingerprint density at radius 1 is 1.11 bits per heavy atom. The lowest BCUT2D eigenvalue weighted by Crippen LogP contribution is -2.60. The van der Waals surface area contributed by atoms with Crippen molar-refractivity contribution in [3.05, 3.63) is 53.3 Å². The molecule has 1 amide bonds. The van der Waals surface area contributed by atoms with Crippen molar-refractivity contribution in [3.8, 4) is 0 Å². The van der Waals surface area contributed by atoms with Crippen molar-refractivity contribution in [2.24, 2.45) is 12.5 Å². The number of aryl methyl sites for hydroxylation is 1. The van der Waals surface area contributed by atoms with Gasteiger partial charge in [-0.05, 0) is 68.9 Å². The molecule has 0 bridgehead atoms. The van der Waals surface area contributed by atoms with E-state index in [4.69, 9.17) is 4.74 Å². The van der Waals surface area contributed by atoms with Gasteiger partial charge in [0.25, 0.3) is 0 Å². The van der Waals surface area contributed by atoms with Gasteiger partial charge in [0.1, 0.15) is 5.60 Å². The third-order valence-corrected chi connectivity index (χ3v) is 8.93. The van der Waals surface area contributed by atoms with Crippen LogP contribution >= 0.6 is 0 Å². The molecule has 2 saturated heterocycles. The van der Waals surface area contributed by atoms with Crippen molar-refractivity contribution in [1.29, 1.82) is 0 Å². The molecule has 1 atom stereocenters. The number of carbonyl (C=O) groups is 1. The van der Waals surface area contributed by atoms with Gasteiger partial charge < -0.3 is 9.64 Å². The summed E-state index contributed by atoms with van der Waals surface area (Å²) in [7, 11) is 1.99. The lowest BCUT2D eigenvalue weighted by molar-refractivity contribution is -0.0782. The van der Waals surface area contributed by atoms with Crippen LogP contribution < -0.4 is 0 Å². The van der Waals surface area contributed by atoms with Crippen LogP contribution in [0.15, 0.2) is 36.7 Å². The Labute approximate surface area is 229 Å². The average Bonchev–Trinajstić information content (AvgIpc) is 3.26. The van der Waals surface area contributed by atoms with E-state index in [1.54, 1.807) is 0 Å². The number of aromatic nitrogens is 2. The second-order valence-electron chi connectivity index (χ2n) is 13.3. The number of piperidine rings is 1. The van der Waals surface area contributed by atoms with Crippen LogP contribution in [0.2, 0.25) is 0 Å². The maximum Gasteiger partial charge on any atom is 0.410 e. The first-order valence-electron chi connectivity index (χ1n) is 14.5. The lowest BCUT2D eigenvalue weighted by Gasteiger charge is -2.58. The smallest absolute Gasteiger partial charge is 0.410 e. The molecule has 5 rings (SSSR count). The topological polar surface area (TPSA) is 53.8 Å². The predicted octanol–water partition coefficient (Wildman–Crippen LogP) is 5.58. The molecule has 3 fully saturated rings. The highest BCUT2D eigenvalue weighted by molar-refractivity contribution is 5.68. The molecule has 2 aromatic rings. The number of ether oxygens (including phenoxy) is 1. The minimum absolute atomic E-state index is 0.154. The number of likely N-dealkylation sites (tertiary alicyclic amines) is 1. The zero-order chi connectivity index (χ0) is 27.1. The SMILES string of the molecule is CC(C)c1ccccc1[C@@H]1CN(Cc2cnn(C)c2)CCN1C1CC2(CCN(C(=O)OC(C)(C)C)CC2)C1. The van der Waals surface area contributed by atoms with Crippen LogP contribution in [0.5, 0.6) is 0 Å². The van der Waals surface area contributed by atoms with E-state index in [0.717, 1.165) is 52.1 Å². The van der Waals surface area contributed by atoms with E-state index in [2.05, 4.69) is 59.2 Å². The third kappa shape index (κ3) is 5.94. The van der Waals surface area contributed by atoms with Gasteiger partial charge in [-0.3, -0.25) is 14.5 Å². The van der Waals surface area contributed by atoms with E-state index in [0.29, 0.717) is 23.4 Å². The number of piperazine rings is 1.